The fourth-order valence-electron chi connectivity index (χ4n) is 2.54. The van der Waals surface area contributed by atoms with Crippen molar-refractivity contribution < 1.29 is 9.47 Å². The molecule has 0 saturated heterocycles. The van der Waals surface area contributed by atoms with E-state index in [9.17, 15) is 0 Å². The highest BCUT2D eigenvalue weighted by Gasteiger charge is 2.22. The fraction of sp³-hybridized carbons (Fsp3) is 0.571. The van der Waals surface area contributed by atoms with Gasteiger partial charge in [0, 0.05) is 20.3 Å². The molecule has 0 amide bonds. The Morgan fingerprint density at radius 3 is 2.88 bits per heavy atom. The van der Waals surface area contributed by atoms with Crippen LogP contribution in [0.2, 0.25) is 0 Å². The van der Waals surface area contributed by atoms with Crippen LogP contribution in [-0.2, 0) is 4.74 Å². The number of anilines is 1. The Labute approximate surface area is 103 Å². The number of hydrogen-bond donors (Lipinski definition) is 1. The maximum atomic E-state index is 5.45. The van der Waals surface area contributed by atoms with Crippen molar-refractivity contribution in [2.24, 2.45) is 0 Å². The molecule has 1 aliphatic heterocycles. The molecule has 1 unspecified atom stereocenters. The van der Waals surface area contributed by atoms with Crippen molar-refractivity contribution in [3.05, 3.63) is 23.3 Å². The maximum absolute atomic E-state index is 5.45. The highest BCUT2D eigenvalue weighted by Crippen LogP contribution is 2.40. The van der Waals surface area contributed by atoms with Gasteiger partial charge in [-0.3, -0.25) is 0 Å². The summed E-state index contributed by atoms with van der Waals surface area (Å²) in [6, 6.07) is 4.36. The minimum absolute atomic E-state index is 0.583. The SMILES string of the molecule is COCCC1CCNc2c(OC)cc(C)cc21. The van der Waals surface area contributed by atoms with Gasteiger partial charge in [-0.05, 0) is 42.9 Å². The topological polar surface area (TPSA) is 30.5 Å². The van der Waals surface area contributed by atoms with Crippen LogP contribution in [0.5, 0.6) is 5.75 Å². The molecule has 0 bridgehead atoms. The van der Waals surface area contributed by atoms with Crippen molar-refractivity contribution in [3.63, 3.8) is 0 Å². The summed E-state index contributed by atoms with van der Waals surface area (Å²) < 4.78 is 10.6. The summed E-state index contributed by atoms with van der Waals surface area (Å²) in [6.07, 6.45) is 2.25. The molecule has 17 heavy (non-hydrogen) atoms. The van der Waals surface area contributed by atoms with Crippen molar-refractivity contribution in [1.29, 1.82) is 0 Å². The van der Waals surface area contributed by atoms with E-state index in [2.05, 4.69) is 24.4 Å². The number of nitrogens with one attached hydrogen (secondary N) is 1. The monoisotopic (exact) mass is 235 g/mol. The van der Waals surface area contributed by atoms with Gasteiger partial charge in [-0.25, -0.2) is 0 Å². The van der Waals surface area contributed by atoms with Gasteiger partial charge in [-0.15, -0.1) is 0 Å². The molecule has 0 radical (unpaired) electrons. The Balaban J connectivity index is 2.32. The predicted octanol–water partition coefficient (Wildman–Crippen LogP) is 2.94. The molecule has 0 fully saturated rings. The molecule has 94 valence electrons. The first-order chi connectivity index (χ1) is 8.26. The third kappa shape index (κ3) is 2.55. The summed E-state index contributed by atoms with van der Waals surface area (Å²) in [4.78, 5) is 0. The zero-order chi connectivity index (χ0) is 12.3. The minimum Gasteiger partial charge on any atom is -0.495 e. The third-order valence-corrected chi connectivity index (χ3v) is 3.40. The van der Waals surface area contributed by atoms with Gasteiger partial charge in [-0.1, -0.05) is 6.07 Å². The van der Waals surface area contributed by atoms with E-state index in [1.165, 1.54) is 23.2 Å². The standard InChI is InChI=1S/C14H21NO2/c1-10-8-12-11(5-7-16-2)4-6-15-14(12)13(9-10)17-3/h8-9,11,15H,4-7H2,1-3H3. The van der Waals surface area contributed by atoms with Gasteiger partial charge in [0.25, 0.3) is 0 Å². The van der Waals surface area contributed by atoms with Crippen LogP contribution in [0.25, 0.3) is 0 Å². The minimum atomic E-state index is 0.583. The molecule has 1 atom stereocenters. The Morgan fingerprint density at radius 1 is 1.35 bits per heavy atom. The zero-order valence-electron chi connectivity index (χ0n) is 10.9. The number of benzene rings is 1. The Morgan fingerprint density at radius 2 is 2.18 bits per heavy atom. The lowest BCUT2D eigenvalue weighted by Crippen LogP contribution is -2.19. The normalized spacial score (nSPS) is 18.4. The Kier molecular flexibility index (Phi) is 3.89. The van der Waals surface area contributed by atoms with E-state index < -0.39 is 0 Å². The summed E-state index contributed by atoms with van der Waals surface area (Å²) in [7, 11) is 3.49. The quantitative estimate of drug-likeness (QED) is 0.870. The molecular weight excluding hydrogens is 214 g/mol. The number of hydrogen-bond acceptors (Lipinski definition) is 3. The van der Waals surface area contributed by atoms with E-state index in [0.717, 1.165) is 25.3 Å². The molecule has 1 heterocycles. The molecule has 0 aliphatic carbocycles. The molecule has 0 saturated carbocycles. The number of fused-ring (bicyclic) bond motifs is 1. The van der Waals surface area contributed by atoms with Crippen LogP contribution < -0.4 is 10.1 Å². The smallest absolute Gasteiger partial charge is 0.142 e. The van der Waals surface area contributed by atoms with Crippen LogP contribution in [0.3, 0.4) is 0 Å². The van der Waals surface area contributed by atoms with Gasteiger partial charge >= 0.3 is 0 Å². The first-order valence-corrected chi connectivity index (χ1v) is 6.17. The van der Waals surface area contributed by atoms with E-state index in [4.69, 9.17) is 9.47 Å². The van der Waals surface area contributed by atoms with Crippen LogP contribution in [-0.4, -0.2) is 27.4 Å². The molecular formula is C14H21NO2. The van der Waals surface area contributed by atoms with Crippen molar-refractivity contribution in [3.8, 4) is 5.75 Å². The van der Waals surface area contributed by atoms with E-state index in [-0.39, 0.29) is 0 Å². The molecule has 2 rings (SSSR count). The summed E-state index contributed by atoms with van der Waals surface area (Å²) in [5.74, 6) is 1.54. The highest BCUT2D eigenvalue weighted by atomic mass is 16.5. The molecule has 1 aromatic carbocycles. The van der Waals surface area contributed by atoms with E-state index >= 15 is 0 Å². The third-order valence-electron chi connectivity index (χ3n) is 3.40. The lowest BCUT2D eigenvalue weighted by atomic mass is 9.87. The van der Waals surface area contributed by atoms with Gasteiger partial charge in [0.15, 0.2) is 0 Å². The molecule has 3 heteroatoms. The molecule has 1 N–H and O–H groups in total. The Bertz CT molecular complexity index is 390. The Hall–Kier alpha value is -1.22. The summed E-state index contributed by atoms with van der Waals surface area (Å²) in [5.41, 5.74) is 3.81. The van der Waals surface area contributed by atoms with E-state index in [0.29, 0.717) is 5.92 Å². The average Bonchev–Trinajstić information content (AvgIpc) is 2.35. The molecule has 0 spiro atoms. The predicted molar refractivity (Wildman–Crippen MR) is 70.1 cm³/mol. The van der Waals surface area contributed by atoms with E-state index in [1.807, 2.05) is 0 Å². The second-order valence-electron chi connectivity index (χ2n) is 4.63. The second-order valence-corrected chi connectivity index (χ2v) is 4.63. The van der Waals surface area contributed by atoms with Gasteiger partial charge in [0.05, 0.1) is 12.8 Å². The first kappa shape index (κ1) is 12.2. The second kappa shape index (κ2) is 5.41. The number of ether oxygens (including phenoxy) is 2. The average molecular weight is 235 g/mol. The van der Waals surface area contributed by atoms with Gasteiger partial charge < -0.3 is 14.8 Å². The van der Waals surface area contributed by atoms with Crippen molar-refractivity contribution in [2.75, 3.05) is 32.7 Å². The summed E-state index contributed by atoms with van der Waals surface area (Å²) in [6.45, 7) is 3.95. The fourth-order valence-corrected chi connectivity index (χ4v) is 2.54. The van der Waals surface area contributed by atoms with Crippen molar-refractivity contribution in [2.45, 2.75) is 25.7 Å². The maximum Gasteiger partial charge on any atom is 0.142 e. The molecule has 1 aromatic rings. The van der Waals surface area contributed by atoms with Gasteiger partial charge in [0.2, 0.25) is 0 Å². The van der Waals surface area contributed by atoms with Crippen LogP contribution in [0.4, 0.5) is 5.69 Å². The zero-order valence-corrected chi connectivity index (χ0v) is 10.9. The number of methoxy groups -OCH3 is 2. The summed E-state index contributed by atoms with van der Waals surface area (Å²) in [5, 5.41) is 3.45. The van der Waals surface area contributed by atoms with Crippen LogP contribution >= 0.6 is 0 Å². The summed E-state index contributed by atoms with van der Waals surface area (Å²) >= 11 is 0. The van der Waals surface area contributed by atoms with Crippen molar-refractivity contribution in [1.82, 2.24) is 0 Å². The first-order valence-electron chi connectivity index (χ1n) is 6.17. The highest BCUT2D eigenvalue weighted by molar-refractivity contribution is 5.65. The molecule has 3 nitrogen and oxygen atoms in total. The lowest BCUT2D eigenvalue weighted by Gasteiger charge is -2.28. The molecule has 1 aliphatic rings. The largest absolute Gasteiger partial charge is 0.495 e. The number of rotatable bonds is 4. The van der Waals surface area contributed by atoms with Gasteiger partial charge in [0.1, 0.15) is 5.75 Å². The van der Waals surface area contributed by atoms with Crippen LogP contribution in [0.1, 0.15) is 29.9 Å². The van der Waals surface area contributed by atoms with Crippen molar-refractivity contribution >= 4 is 5.69 Å². The molecule has 0 aromatic heterocycles. The van der Waals surface area contributed by atoms with Crippen LogP contribution in [0, 0.1) is 6.92 Å². The van der Waals surface area contributed by atoms with E-state index in [1.54, 1.807) is 14.2 Å². The van der Waals surface area contributed by atoms with Gasteiger partial charge in [-0.2, -0.15) is 0 Å². The lowest BCUT2D eigenvalue weighted by molar-refractivity contribution is 0.186. The van der Waals surface area contributed by atoms with Crippen LogP contribution in [0.15, 0.2) is 12.1 Å². The number of aryl methyl sites for hydroxylation is 1.